The monoisotopic (exact) mass is 265 g/mol. The van der Waals surface area contributed by atoms with E-state index in [0.717, 1.165) is 11.3 Å². The molecule has 0 aliphatic rings. The van der Waals surface area contributed by atoms with Crippen molar-refractivity contribution < 1.29 is 18.7 Å². The van der Waals surface area contributed by atoms with Crippen molar-refractivity contribution in [1.82, 2.24) is 14.8 Å². The van der Waals surface area contributed by atoms with Gasteiger partial charge in [-0.3, -0.25) is 4.68 Å². The van der Waals surface area contributed by atoms with Crippen LogP contribution in [0, 0.1) is 6.92 Å². The Balaban J connectivity index is 2.48. The Morgan fingerprint density at radius 2 is 2.21 bits per heavy atom. The number of carbonyl (C=O) groups excluding carboxylic acids is 1. The number of aryl methyl sites for hydroxylation is 1. The maximum Gasteiger partial charge on any atom is 0.376 e. The molecule has 0 saturated heterocycles. The van der Waals surface area contributed by atoms with Crippen LogP contribution in [0.2, 0.25) is 0 Å². The van der Waals surface area contributed by atoms with E-state index in [9.17, 15) is 4.79 Å². The molecule has 0 aliphatic heterocycles. The highest BCUT2D eigenvalue weighted by Crippen LogP contribution is 2.25. The third-order valence-corrected chi connectivity index (χ3v) is 2.81. The molecule has 0 fully saturated rings. The fourth-order valence-corrected chi connectivity index (χ4v) is 1.66. The molecule has 102 valence electrons. The molecule has 0 spiro atoms. The van der Waals surface area contributed by atoms with E-state index >= 15 is 0 Å². The van der Waals surface area contributed by atoms with E-state index in [2.05, 4.69) is 14.8 Å². The summed E-state index contributed by atoms with van der Waals surface area (Å²) in [6, 6.07) is 0. The lowest BCUT2D eigenvalue weighted by Gasteiger charge is -1.96. The molecule has 2 rings (SSSR count). The third kappa shape index (κ3) is 2.37. The maximum atomic E-state index is 11.6. The molecule has 0 atom stereocenters. The zero-order valence-corrected chi connectivity index (χ0v) is 11.3. The van der Waals surface area contributed by atoms with Crippen molar-refractivity contribution in [2.75, 3.05) is 14.2 Å². The predicted molar refractivity (Wildman–Crippen MR) is 65.5 cm³/mol. The number of nitrogens with zero attached hydrogens (tertiary/aromatic N) is 3. The second-order valence-electron chi connectivity index (χ2n) is 3.99. The Kier molecular flexibility index (Phi) is 3.66. The average Bonchev–Trinajstić information content (AvgIpc) is 2.95. The molecule has 7 nitrogen and oxygen atoms in total. The van der Waals surface area contributed by atoms with E-state index in [1.165, 1.54) is 14.2 Å². The molecule has 0 saturated carbocycles. The van der Waals surface area contributed by atoms with Crippen LogP contribution in [-0.2, 0) is 23.1 Å². The fourth-order valence-electron chi connectivity index (χ4n) is 1.66. The van der Waals surface area contributed by atoms with Gasteiger partial charge in [-0.25, -0.2) is 9.78 Å². The average molecular weight is 265 g/mol. The van der Waals surface area contributed by atoms with Gasteiger partial charge in [0, 0.05) is 19.9 Å². The number of methoxy groups -OCH3 is 2. The van der Waals surface area contributed by atoms with Crippen LogP contribution in [0.3, 0.4) is 0 Å². The van der Waals surface area contributed by atoms with Crippen molar-refractivity contribution >= 4 is 5.97 Å². The summed E-state index contributed by atoms with van der Waals surface area (Å²) < 4.78 is 16.8. The first-order valence-electron chi connectivity index (χ1n) is 5.64. The van der Waals surface area contributed by atoms with Crippen LogP contribution in [0.25, 0.3) is 11.5 Å². The van der Waals surface area contributed by atoms with Crippen LogP contribution in [0.4, 0.5) is 0 Å². The van der Waals surface area contributed by atoms with Crippen LogP contribution >= 0.6 is 0 Å². The van der Waals surface area contributed by atoms with E-state index in [-0.39, 0.29) is 12.4 Å². The molecule has 0 amide bonds. The summed E-state index contributed by atoms with van der Waals surface area (Å²) in [5, 5.41) is 4.11. The van der Waals surface area contributed by atoms with Gasteiger partial charge in [0.05, 0.1) is 25.5 Å². The van der Waals surface area contributed by atoms with E-state index < -0.39 is 5.97 Å². The molecule has 2 heterocycles. The first kappa shape index (κ1) is 13.3. The van der Waals surface area contributed by atoms with E-state index in [1.54, 1.807) is 10.9 Å². The van der Waals surface area contributed by atoms with Gasteiger partial charge < -0.3 is 13.9 Å². The number of oxazole rings is 1. The van der Waals surface area contributed by atoms with Crippen LogP contribution in [0.1, 0.15) is 21.9 Å². The molecule has 0 aromatic carbocycles. The van der Waals surface area contributed by atoms with Crippen molar-refractivity contribution in [1.29, 1.82) is 0 Å². The first-order chi connectivity index (χ1) is 9.08. The number of esters is 1. The second-order valence-corrected chi connectivity index (χ2v) is 3.99. The van der Waals surface area contributed by atoms with Crippen molar-refractivity contribution in [2.45, 2.75) is 13.5 Å². The Labute approximate surface area is 110 Å². The summed E-state index contributed by atoms with van der Waals surface area (Å²) >= 11 is 0. The smallest absolute Gasteiger partial charge is 0.376 e. The van der Waals surface area contributed by atoms with Gasteiger partial charge in [0.25, 0.3) is 0 Å². The number of rotatable bonds is 4. The Morgan fingerprint density at radius 1 is 1.47 bits per heavy atom. The SMILES string of the molecule is COCc1nc(-c2cnn(C)c2C)oc1C(=O)OC. The van der Waals surface area contributed by atoms with Gasteiger partial charge in [-0.2, -0.15) is 5.10 Å². The molecule has 0 radical (unpaired) electrons. The maximum absolute atomic E-state index is 11.6. The Hall–Kier alpha value is -2.15. The zero-order valence-electron chi connectivity index (χ0n) is 11.3. The molecule has 19 heavy (non-hydrogen) atoms. The van der Waals surface area contributed by atoms with Crippen LogP contribution in [-0.4, -0.2) is 35.0 Å². The topological polar surface area (TPSA) is 79.4 Å². The number of hydrogen-bond donors (Lipinski definition) is 0. The summed E-state index contributed by atoms with van der Waals surface area (Å²) in [5.41, 5.74) is 2.03. The Morgan fingerprint density at radius 3 is 2.74 bits per heavy atom. The molecule has 7 heteroatoms. The van der Waals surface area contributed by atoms with Crippen LogP contribution in [0.15, 0.2) is 10.6 Å². The first-order valence-corrected chi connectivity index (χ1v) is 5.64. The van der Waals surface area contributed by atoms with Gasteiger partial charge in [0.2, 0.25) is 11.7 Å². The lowest BCUT2D eigenvalue weighted by Crippen LogP contribution is -2.04. The molecule has 0 N–H and O–H groups in total. The largest absolute Gasteiger partial charge is 0.463 e. The summed E-state index contributed by atoms with van der Waals surface area (Å²) in [5.74, 6) is -0.187. The summed E-state index contributed by atoms with van der Waals surface area (Å²) in [6.45, 7) is 2.06. The van der Waals surface area contributed by atoms with Gasteiger partial charge in [-0.15, -0.1) is 0 Å². The molecular formula is C12H15N3O4. The minimum Gasteiger partial charge on any atom is -0.463 e. The summed E-state index contributed by atoms with van der Waals surface area (Å²) in [4.78, 5) is 15.9. The van der Waals surface area contributed by atoms with Crippen LogP contribution in [0.5, 0.6) is 0 Å². The van der Waals surface area contributed by atoms with E-state index in [0.29, 0.717) is 11.6 Å². The highest BCUT2D eigenvalue weighted by molar-refractivity contribution is 5.87. The van der Waals surface area contributed by atoms with Gasteiger partial charge in [-0.1, -0.05) is 0 Å². The lowest BCUT2D eigenvalue weighted by molar-refractivity contribution is 0.0559. The summed E-state index contributed by atoms with van der Waals surface area (Å²) in [6.07, 6.45) is 1.64. The van der Waals surface area contributed by atoms with Crippen LogP contribution < -0.4 is 0 Å². The van der Waals surface area contributed by atoms with Gasteiger partial charge >= 0.3 is 5.97 Å². The molecule has 0 unspecified atom stereocenters. The highest BCUT2D eigenvalue weighted by Gasteiger charge is 2.23. The third-order valence-electron chi connectivity index (χ3n) is 2.81. The van der Waals surface area contributed by atoms with E-state index in [1.807, 2.05) is 14.0 Å². The van der Waals surface area contributed by atoms with Gasteiger partial charge in [-0.05, 0) is 6.92 Å². The van der Waals surface area contributed by atoms with Crippen molar-refractivity contribution in [3.05, 3.63) is 23.3 Å². The van der Waals surface area contributed by atoms with Gasteiger partial charge in [0.1, 0.15) is 5.69 Å². The number of hydrogen-bond acceptors (Lipinski definition) is 6. The van der Waals surface area contributed by atoms with Crippen molar-refractivity contribution in [3.8, 4) is 11.5 Å². The second kappa shape index (κ2) is 5.23. The number of ether oxygens (including phenoxy) is 2. The molecule has 0 bridgehead atoms. The molecule has 0 aliphatic carbocycles. The molecule has 2 aromatic rings. The highest BCUT2D eigenvalue weighted by atomic mass is 16.5. The quantitative estimate of drug-likeness (QED) is 0.776. The lowest BCUT2D eigenvalue weighted by atomic mass is 10.2. The van der Waals surface area contributed by atoms with Crippen molar-refractivity contribution in [2.24, 2.45) is 7.05 Å². The number of carbonyl (C=O) groups is 1. The van der Waals surface area contributed by atoms with E-state index in [4.69, 9.17) is 9.15 Å². The zero-order chi connectivity index (χ0) is 14.0. The standard InChI is InChI=1S/C12H15N3O4/c1-7-8(5-13-15(7)2)11-14-9(6-17-3)10(19-11)12(16)18-4/h5H,6H2,1-4H3. The van der Waals surface area contributed by atoms with Crippen molar-refractivity contribution in [3.63, 3.8) is 0 Å². The minimum absolute atomic E-state index is 0.0580. The fraction of sp³-hybridized carbons (Fsp3) is 0.417. The normalized spacial score (nSPS) is 10.7. The molecule has 2 aromatic heterocycles. The number of aromatic nitrogens is 3. The Bertz CT molecular complexity index is 600. The van der Waals surface area contributed by atoms with Gasteiger partial charge in [0.15, 0.2) is 0 Å². The predicted octanol–water partition coefficient (Wildman–Crippen LogP) is 1.32. The minimum atomic E-state index is -0.577. The molecular weight excluding hydrogens is 250 g/mol. The summed E-state index contributed by atoms with van der Waals surface area (Å²) in [7, 11) is 4.63.